The molecule has 2 aromatic rings. The molecule has 0 saturated carbocycles. The SMILES string of the molecule is CCn1c(C)nc2c(OC)ncnc21. The molecule has 0 aromatic carbocycles. The molecule has 0 radical (unpaired) electrons. The van der Waals surface area contributed by atoms with E-state index in [1.54, 1.807) is 7.11 Å². The summed E-state index contributed by atoms with van der Waals surface area (Å²) in [6.07, 6.45) is 1.49. The Bertz CT molecular complexity index is 463. The second-order valence-electron chi connectivity index (χ2n) is 2.96. The Morgan fingerprint density at radius 3 is 2.86 bits per heavy atom. The number of nitrogens with zero attached hydrogens (tertiary/aromatic N) is 4. The van der Waals surface area contributed by atoms with Crippen LogP contribution in [0.2, 0.25) is 0 Å². The number of fused-ring (bicyclic) bond motifs is 1. The number of methoxy groups -OCH3 is 1. The Balaban J connectivity index is 2.79. The fraction of sp³-hybridized carbons (Fsp3) is 0.444. The van der Waals surface area contributed by atoms with Gasteiger partial charge in [-0.25, -0.2) is 9.97 Å². The Morgan fingerprint density at radius 2 is 2.21 bits per heavy atom. The average molecular weight is 192 g/mol. The molecule has 0 atom stereocenters. The van der Waals surface area contributed by atoms with Gasteiger partial charge in [-0.15, -0.1) is 0 Å². The molecule has 0 fully saturated rings. The van der Waals surface area contributed by atoms with Crippen molar-refractivity contribution < 1.29 is 4.74 Å². The van der Waals surface area contributed by atoms with E-state index < -0.39 is 0 Å². The van der Waals surface area contributed by atoms with Gasteiger partial charge in [0.05, 0.1) is 7.11 Å². The van der Waals surface area contributed by atoms with E-state index in [0.29, 0.717) is 5.88 Å². The van der Waals surface area contributed by atoms with Gasteiger partial charge in [-0.05, 0) is 13.8 Å². The molecule has 0 spiro atoms. The zero-order valence-electron chi connectivity index (χ0n) is 8.48. The number of hydrogen-bond acceptors (Lipinski definition) is 4. The third kappa shape index (κ3) is 1.13. The summed E-state index contributed by atoms with van der Waals surface area (Å²) in [5.74, 6) is 1.46. The van der Waals surface area contributed by atoms with Gasteiger partial charge in [0.1, 0.15) is 12.2 Å². The summed E-state index contributed by atoms with van der Waals surface area (Å²) >= 11 is 0. The van der Waals surface area contributed by atoms with Crippen LogP contribution in [0.5, 0.6) is 5.88 Å². The summed E-state index contributed by atoms with van der Waals surface area (Å²) in [5.41, 5.74) is 1.56. The number of rotatable bonds is 2. The number of hydrogen-bond donors (Lipinski definition) is 0. The smallest absolute Gasteiger partial charge is 0.245 e. The molecule has 0 amide bonds. The second-order valence-corrected chi connectivity index (χ2v) is 2.96. The van der Waals surface area contributed by atoms with Gasteiger partial charge in [0, 0.05) is 6.54 Å². The van der Waals surface area contributed by atoms with Gasteiger partial charge in [-0.1, -0.05) is 0 Å². The molecule has 2 aromatic heterocycles. The zero-order valence-corrected chi connectivity index (χ0v) is 8.48. The van der Waals surface area contributed by atoms with Crippen LogP contribution in [0.15, 0.2) is 6.33 Å². The number of aryl methyl sites for hydroxylation is 2. The Labute approximate surface area is 81.8 Å². The lowest BCUT2D eigenvalue weighted by molar-refractivity contribution is 0.401. The van der Waals surface area contributed by atoms with Gasteiger partial charge >= 0.3 is 0 Å². The van der Waals surface area contributed by atoms with Crippen LogP contribution in [-0.2, 0) is 6.54 Å². The van der Waals surface area contributed by atoms with Crippen molar-refractivity contribution in [1.29, 1.82) is 0 Å². The summed E-state index contributed by atoms with van der Waals surface area (Å²) in [5, 5.41) is 0. The molecule has 0 bridgehead atoms. The van der Waals surface area contributed by atoms with E-state index in [-0.39, 0.29) is 0 Å². The summed E-state index contributed by atoms with van der Waals surface area (Å²) < 4.78 is 7.14. The van der Waals surface area contributed by atoms with Crippen LogP contribution < -0.4 is 4.74 Å². The van der Waals surface area contributed by atoms with Crippen molar-refractivity contribution in [2.24, 2.45) is 0 Å². The first-order chi connectivity index (χ1) is 6.77. The predicted molar refractivity (Wildman–Crippen MR) is 52.3 cm³/mol. The molecule has 0 aliphatic heterocycles. The van der Waals surface area contributed by atoms with Gasteiger partial charge in [0.25, 0.3) is 0 Å². The molecule has 5 nitrogen and oxygen atoms in total. The summed E-state index contributed by atoms with van der Waals surface area (Å²) in [4.78, 5) is 12.6. The Kier molecular flexibility index (Phi) is 2.07. The molecule has 14 heavy (non-hydrogen) atoms. The quantitative estimate of drug-likeness (QED) is 0.716. The molecule has 0 aliphatic carbocycles. The lowest BCUT2D eigenvalue weighted by Crippen LogP contribution is -1.98. The maximum absolute atomic E-state index is 5.11. The van der Waals surface area contributed by atoms with Gasteiger partial charge in [0.15, 0.2) is 11.2 Å². The first kappa shape index (κ1) is 8.93. The standard InChI is InChI=1S/C9H12N4O/c1-4-13-6(2)12-7-8(13)10-5-11-9(7)14-3/h5H,4H2,1-3H3. The third-order valence-electron chi connectivity index (χ3n) is 2.20. The van der Waals surface area contributed by atoms with Crippen LogP contribution >= 0.6 is 0 Å². The molecule has 0 N–H and O–H groups in total. The van der Waals surface area contributed by atoms with E-state index in [2.05, 4.69) is 21.9 Å². The fourth-order valence-electron chi connectivity index (χ4n) is 1.55. The van der Waals surface area contributed by atoms with Crippen LogP contribution in [0, 0.1) is 6.92 Å². The van der Waals surface area contributed by atoms with E-state index in [1.165, 1.54) is 6.33 Å². The third-order valence-corrected chi connectivity index (χ3v) is 2.20. The monoisotopic (exact) mass is 192 g/mol. The van der Waals surface area contributed by atoms with Crippen LogP contribution in [0.25, 0.3) is 11.2 Å². The normalized spacial score (nSPS) is 10.8. The van der Waals surface area contributed by atoms with E-state index >= 15 is 0 Å². The first-order valence-corrected chi connectivity index (χ1v) is 4.49. The summed E-state index contributed by atoms with van der Waals surface area (Å²) in [6, 6.07) is 0. The van der Waals surface area contributed by atoms with Crippen LogP contribution in [-0.4, -0.2) is 26.6 Å². The van der Waals surface area contributed by atoms with E-state index in [0.717, 1.165) is 23.5 Å². The molecular weight excluding hydrogens is 180 g/mol. The lowest BCUT2D eigenvalue weighted by Gasteiger charge is -2.00. The Morgan fingerprint density at radius 1 is 1.43 bits per heavy atom. The van der Waals surface area contributed by atoms with Gasteiger partial charge < -0.3 is 9.30 Å². The fourth-order valence-corrected chi connectivity index (χ4v) is 1.55. The average Bonchev–Trinajstić information content (AvgIpc) is 2.52. The van der Waals surface area contributed by atoms with Gasteiger partial charge in [-0.3, -0.25) is 0 Å². The van der Waals surface area contributed by atoms with Crippen LogP contribution in [0.1, 0.15) is 12.7 Å². The Hall–Kier alpha value is -1.65. The van der Waals surface area contributed by atoms with Gasteiger partial charge in [0.2, 0.25) is 5.88 Å². The van der Waals surface area contributed by atoms with Crippen molar-refractivity contribution in [2.45, 2.75) is 20.4 Å². The zero-order chi connectivity index (χ0) is 10.1. The highest BCUT2D eigenvalue weighted by atomic mass is 16.5. The number of aromatic nitrogens is 4. The summed E-state index contributed by atoms with van der Waals surface area (Å²) in [7, 11) is 1.59. The summed E-state index contributed by atoms with van der Waals surface area (Å²) in [6.45, 7) is 4.86. The van der Waals surface area contributed by atoms with Crippen LogP contribution in [0.3, 0.4) is 0 Å². The highest BCUT2D eigenvalue weighted by molar-refractivity contribution is 5.76. The molecule has 0 saturated heterocycles. The van der Waals surface area contributed by atoms with E-state index in [9.17, 15) is 0 Å². The van der Waals surface area contributed by atoms with Crippen molar-refractivity contribution >= 4 is 11.2 Å². The minimum atomic E-state index is 0.533. The predicted octanol–water partition coefficient (Wildman–Crippen LogP) is 1.16. The minimum absolute atomic E-state index is 0.533. The number of imidazole rings is 1. The minimum Gasteiger partial charge on any atom is -0.479 e. The highest BCUT2D eigenvalue weighted by Crippen LogP contribution is 2.20. The van der Waals surface area contributed by atoms with Crippen molar-refractivity contribution in [2.75, 3.05) is 7.11 Å². The van der Waals surface area contributed by atoms with Crippen LogP contribution in [0.4, 0.5) is 0 Å². The van der Waals surface area contributed by atoms with E-state index in [4.69, 9.17) is 4.74 Å². The van der Waals surface area contributed by atoms with Crippen molar-refractivity contribution in [3.05, 3.63) is 12.2 Å². The molecule has 2 heterocycles. The molecule has 0 aliphatic rings. The molecule has 74 valence electrons. The largest absolute Gasteiger partial charge is 0.479 e. The van der Waals surface area contributed by atoms with Crippen molar-refractivity contribution in [1.82, 2.24) is 19.5 Å². The topological polar surface area (TPSA) is 52.8 Å². The first-order valence-electron chi connectivity index (χ1n) is 4.49. The maximum atomic E-state index is 5.11. The van der Waals surface area contributed by atoms with Crippen molar-refractivity contribution in [3.63, 3.8) is 0 Å². The molecule has 5 heteroatoms. The van der Waals surface area contributed by atoms with E-state index in [1.807, 2.05) is 11.5 Å². The van der Waals surface area contributed by atoms with Crippen molar-refractivity contribution in [3.8, 4) is 5.88 Å². The highest BCUT2D eigenvalue weighted by Gasteiger charge is 2.11. The second kappa shape index (κ2) is 3.25. The molecule has 2 rings (SSSR count). The number of ether oxygens (including phenoxy) is 1. The molecule has 0 unspecified atom stereocenters. The van der Waals surface area contributed by atoms with Gasteiger partial charge in [-0.2, -0.15) is 4.98 Å². The maximum Gasteiger partial charge on any atom is 0.245 e. The molecular formula is C9H12N4O. The lowest BCUT2D eigenvalue weighted by atomic mass is 10.5.